The molecule has 1 aliphatic carbocycles. The van der Waals surface area contributed by atoms with E-state index in [9.17, 15) is 19.5 Å². The van der Waals surface area contributed by atoms with Gasteiger partial charge in [0.25, 0.3) is 5.56 Å². The fourth-order valence-electron chi connectivity index (χ4n) is 4.76. The van der Waals surface area contributed by atoms with Crippen LogP contribution >= 0.6 is 0 Å². The second kappa shape index (κ2) is 9.13. The Morgan fingerprint density at radius 1 is 1.15 bits per heavy atom. The molecule has 1 aliphatic heterocycles. The average Bonchev–Trinajstić information content (AvgIpc) is 3.24. The summed E-state index contributed by atoms with van der Waals surface area (Å²) >= 11 is 0. The fourth-order valence-corrected chi connectivity index (χ4v) is 4.76. The molecule has 33 heavy (non-hydrogen) atoms. The summed E-state index contributed by atoms with van der Waals surface area (Å²) in [5, 5.41) is 16.7. The molecule has 10 nitrogen and oxygen atoms in total. The first-order valence-corrected chi connectivity index (χ1v) is 11.0. The number of rotatable bonds is 5. The third-order valence-corrected chi connectivity index (χ3v) is 6.38. The second-order valence-electron chi connectivity index (χ2n) is 8.36. The van der Waals surface area contributed by atoms with Crippen molar-refractivity contribution >= 4 is 11.6 Å². The summed E-state index contributed by atoms with van der Waals surface area (Å²) in [6.45, 7) is 1.38. The van der Waals surface area contributed by atoms with Crippen LogP contribution in [0.3, 0.4) is 0 Å². The minimum atomic E-state index is -0.728. The first-order chi connectivity index (χ1) is 15.8. The predicted octanol–water partition coefficient (Wildman–Crippen LogP) is 2.46. The predicted molar refractivity (Wildman–Crippen MR) is 121 cm³/mol. The van der Waals surface area contributed by atoms with Gasteiger partial charge >= 0.3 is 5.69 Å². The minimum absolute atomic E-state index is 0.0820. The molecule has 0 radical (unpaired) electrons. The number of methoxy groups -OCH3 is 2. The zero-order chi connectivity index (χ0) is 23.7. The largest absolute Gasteiger partial charge is 0.497 e. The van der Waals surface area contributed by atoms with E-state index in [-0.39, 0.29) is 29.6 Å². The van der Waals surface area contributed by atoms with E-state index in [1.807, 2.05) is 0 Å². The average molecular weight is 456 g/mol. The van der Waals surface area contributed by atoms with E-state index in [0.29, 0.717) is 17.1 Å². The number of hydrazone groups is 1. The zero-order valence-electron chi connectivity index (χ0n) is 19.0. The molecule has 1 atom stereocenters. The summed E-state index contributed by atoms with van der Waals surface area (Å²) in [5.41, 5.74) is -0.528. The minimum Gasteiger partial charge on any atom is -0.497 e. The van der Waals surface area contributed by atoms with Crippen molar-refractivity contribution in [1.82, 2.24) is 14.6 Å². The van der Waals surface area contributed by atoms with Gasteiger partial charge in [-0.2, -0.15) is 5.10 Å². The molecule has 1 saturated carbocycles. The topological polar surface area (TPSA) is 126 Å². The van der Waals surface area contributed by atoms with Gasteiger partial charge in [0, 0.05) is 31.0 Å². The number of hydrogen-bond acceptors (Lipinski definition) is 7. The number of H-pyrrole nitrogens is 1. The van der Waals surface area contributed by atoms with Crippen LogP contribution in [0, 0.1) is 0 Å². The molecule has 1 fully saturated rings. The highest BCUT2D eigenvalue weighted by Gasteiger charge is 2.36. The maximum absolute atomic E-state index is 12.8. The number of benzene rings is 1. The summed E-state index contributed by atoms with van der Waals surface area (Å²) in [4.78, 5) is 40.0. The number of hydrogen-bond donors (Lipinski definition) is 2. The Bertz CT molecular complexity index is 1210. The number of amides is 1. The first kappa shape index (κ1) is 22.6. The quantitative estimate of drug-likeness (QED) is 0.712. The highest BCUT2D eigenvalue weighted by atomic mass is 16.5. The van der Waals surface area contributed by atoms with Gasteiger partial charge < -0.3 is 14.6 Å². The number of carbonyl (C=O) groups is 1. The van der Waals surface area contributed by atoms with Crippen LogP contribution < -0.4 is 20.7 Å². The van der Waals surface area contributed by atoms with Gasteiger partial charge in [-0.1, -0.05) is 19.3 Å². The van der Waals surface area contributed by atoms with E-state index in [1.165, 1.54) is 23.6 Å². The molecule has 1 aromatic heterocycles. The third kappa shape index (κ3) is 4.12. The summed E-state index contributed by atoms with van der Waals surface area (Å²) < 4.78 is 12.0. The van der Waals surface area contributed by atoms with E-state index >= 15 is 0 Å². The molecule has 10 heteroatoms. The maximum Gasteiger partial charge on any atom is 0.331 e. The molecule has 0 bridgehead atoms. The van der Waals surface area contributed by atoms with Crippen molar-refractivity contribution in [3.63, 3.8) is 0 Å². The van der Waals surface area contributed by atoms with Crippen molar-refractivity contribution in [2.75, 3.05) is 14.2 Å². The van der Waals surface area contributed by atoms with Crippen molar-refractivity contribution in [3.05, 3.63) is 50.2 Å². The van der Waals surface area contributed by atoms with Gasteiger partial charge in [0.2, 0.25) is 11.8 Å². The van der Waals surface area contributed by atoms with Crippen molar-refractivity contribution in [2.45, 2.75) is 57.5 Å². The van der Waals surface area contributed by atoms with E-state index < -0.39 is 23.2 Å². The normalized spacial score (nSPS) is 18.8. The van der Waals surface area contributed by atoms with Gasteiger partial charge in [-0.15, -0.1) is 0 Å². The molecule has 1 aromatic carbocycles. The van der Waals surface area contributed by atoms with Gasteiger partial charge in [0.15, 0.2) is 0 Å². The number of aromatic amines is 1. The molecule has 176 valence electrons. The van der Waals surface area contributed by atoms with Crippen LogP contribution in [0.5, 0.6) is 17.4 Å². The summed E-state index contributed by atoms with van der Waals surface area (Å²) in [6.07, 6.45) is 4.63. The molecule has 1 amide bonds. The lowest BCUT2D eigenvalue weighted by Crippen LogP contribution is -2.36. The molecule has 2 N–H and O–H groups in total. The van der Waals surface area contributed by atoms with Crippen LogP contribution in [0.25, 0.3) is 0 Å². The van der Waals surface area contributed by atoms with Gasteiger partial charge in [-0.05, 0) is 25.0 Å². The lowest BCUT2D eigenvalue weighted by Gasteiger charge is -2.25. The third-order valence-electron chi connectivity index (χ3n) is 6.38. The lowest BCUT2D eigenvalue weighted by atomic mass is 9.94. The number of aromatic hydroxyl groups is 1. The lowest BCUT2D eigenvalue weighted by molar-refractivity contribution is -0.130. The molecular formula is C23H28N4O6. The highest BCUT2D eigenvalue weighted by Crippen LogP contribution is 2.40. The van der Waals surface area contributed by atoms with Crippen LogP contribution in [-0.4, -0.2) is 45.5 Å². The highest BCUT2D eigenvalue weighted by molar-refractivity contribution is 6.04. The number of nitrogens with one attached hydrogen (secondary N) is 1. The maximum atomic E-state index is 12.8. The standard InChI is InChI=1S/C23H28N4O6/c1-13(28)27-18(16-10-9-15(32-2)11-19(16)33-3)12-17(25-27)20-21(29)24-23(31)26(22(20)30)14-7-5-4-6-8-14/h9-11,14,18,30H,4-8,12H2,1-3H3,(H,24,29,31)/t18-/m1/s1. The van der Waals surface area contributed by atoms with Crippen LogP contribution in [0.2, 0.25) is 0 Å². The summed E-state index contributed by atoms with van der Waals surface area (Å²) in [6, 6.07) is 4.50. The van der Waals surface area contributed by atoms with E-state index in [4.69, 9.17) is 9.47 Å². The second-order valence-corrected chi connectivity index (χ2v) is 8.36. The number of nitrogens with zero attached hydrogens (tertiary/aromatic N) is 3. The SMILES string of the molecule is COc1ccc([C@H]2CC(c3c(O)n(C4CCCCC4)c(=O)[nH]c3=O)=NN2C(C)=O)c(OC)c1. The van der Waals surface area contributed by atoms with Crippen molar-refractivity contribution < 1.29 is 19.4 Å². The van der Waals surface area contributed by atoms with E-state index in [1.54, 1.807) is 25.3 Å². The number of carbonyl (C=O) groups excluding carboxylic acids is 1. The molecule has 0 spiro atoms. The van der Waals surface area contributed by atoms with Gasteiger partial charge in [-0.3, -0.25) is 19.1 Å². The Morgan fingerprint density at radius 2 is 1.88 bits per heavy atom. The van der Waals surface area contributed by atoms with E-state index in [2.05, 4.69) is 10.1 Å². The van der Waals surface area contributed by atoms with Crippen LogP contribution in [0.15, 0.2) is 32.9 Å². The van der Waals surface area contributed by atoms with Gasteiger partial charge in [0.05, 0.1) is 26.0 Å². The molecule has 2 aromatic rings. The Hall–Kier alpha value is -3.56. The Labute approximate surface area is 190 Å². The molecular weight excluding hydrogens is 428 g/mol. The Morgan fingerprint density at radius 3 is 2.52 bits per heavy atom. The summed E-state index contributed by atoms with van der Waals surface area (Å²) in [5.74, 6) is 0.370. The van der Waals surface area contributed by atoms with Crippen LogP contribution in [0.4, 0.5) is 0 Å². The van der Waals surface area contributed by atoms with E-state index in [0.717, 1.165) is 32.1 Å². The van der Waals surface area contributed by atoms with Crippen LogP contribution in [-0.2, 0) is 4.79 Å². The Kier molecular flexibility index (Phi) is 6.26. The van der Waals surface area contributed by atoms with Crippen molar-refractivity contribution in [2.24, 2.45) is 5.10 Å². The van der Waals surface area contributed by atoms with Gasteiger partial charge in [-0.25, -0.2) is 9.80 Å². The fraction of sp³-hybridized carbons (Fsp3) is 0.478. The molecule has 2 heterocycles. The van der Waals surface area contributed by atoms with Gasteiger partial charge in [0.1, 0.15) is 17.1 Å². The first-order valence-electron chi connectivity index (χ1n) is 11.0. The monoisotopic (exact) mass is 456 g/mol. The number of ether oxygens (including phenoxy) is 2. The number of aromatic nitrogens is 2. The molecule has 4 rings (SSSR count). The Balaban J connectivity index is 1.78. The zero-order valence-corrected chi connectivity index (χ0v) is 19.0. The molecule has 0 unspecified atom stereocenters. The van der Waals surface area contributed by atoms with Crippen molar-refractivity contribution in [1.29, 1.82) is 0 Å². The van der Waals surface area contributed by atoms with Crippen molar-refractivity contribution in [3.8, 4) is 17.4 Å². The van der Waals surface area contributed by atoms with Crippen LogP contribution in [0.1, 0.15) is 68.7 Å². The smallest absolute Gasteiger partial charge is 0.331 e. The molecule has 2 aliphatic rings. The summed E-state index contributed by atoms with van der Waals surface area (Å²) in [7, 11) is 3.06. The molecule has 0 saturated heterocycles.